The smallest absolute Gasteiger partial charge is 0.294 e. The van der Waals surface area contributed by atoms with E-state index in [0.29, 0.717) is 11.8 Å². The number of rotatable bonds is 7. The minimum Gasteiger partial charge on any atom is -0.464 e. The van der Waals surface area contributed by atoms with E-state index in [-0.39, 0.29) is 0 Å². The van der Waals surface area contributed by atoms with E-state index in [2.05, 4.69) is 22.4 Å². The second-order valence-corrected chi connectivity index (χ2v) is 4.94. The first-order valence-electron chi connectivity index (χ1n) is 6.08. The van der Waals surface area contributed by atoms with Gasteiger partial charge >= 0.3 is 0 Å². The van der Waals surface area contributed by atoms with Gasteiger partial charge in [-0.1, -0.05) is 53.7 Å². The van der Waals surface area contributed by atoms with E-state index < -0.39 is 0 Å². The van der Waals surface area contributed by atoms with Gasteiger partial charge in [-0.2, -0.15) is 0 Å². The van der Waals surface area contributed by atoms with Crippen molar-refractivity contribution >= 4 is 11.3 Å². The fourth-order valence-electron chi connectivity index (χ4n) is 1.46. The Balaban J connectivity index is 1.80. The van der Waals surface area contributed by atoms with Crippen LogP contribution in [0.15, 0.2) is 30.3 Å². The predicted octanol–water partition coefficient (Wildman–Crippen LogP) is 2.62. The third-order valence-electron chi connectivity index (χ3n) is 2.36. The van der Waals surface area contributed by atoms with Crippen LogP contribution in [0.2, 0.25) is 0 Å². The van der Waals surface area contributed by atoms with Gasteiger partial charge in [0, 0.05) is 6.54 Å². The van der Waals surface area contributed by atoms with Crippen LogP contribution in [-0.4, -0.2) is 16.7 Å². The first kappa shape index (κ1) is 13.0. The van der Waals surface area contributed by atoms with E-state index in [1.165, 1.54) is 11.3 Å². The topological polar surface area (TPSA) is 47.0 Å². The molecule has 2 aromatic rings. The fourth-order valence-corrected chi connectivity index (χ4v) is 2.12. The zero-order chi connectivity index (χ0) is 12.6. The van der Waals surface area contributed by atoms with Gasteiger partial charge in [0.1, 0.15) is 11.6 Å². The standard InChI is InChI=1S/C13H17N3OS/c1-2-8-14-9-12-15-16-13(18-12)17-10-11-6-4-3-5-7-11/h3-7,14H,2,8-10H2,1H3. The molecule has 1 heterocycles. The van der Waals surface area contributed by atoms with Crippen molar-refractivity contribution in [1.82, 2.24) is 15.5 Å². The number of aromatic nitrogens is 2. The summed E-state index contributed by atoms with van der Waals surface area (Å²) in [5, 5.41) is 13.0. The highest BCUT2D eigenvalue weighted by atomic mass is 32.1. The summed E-state index contributed by atoms with van der Waals surface area (Å²) in [6, 6.07) is 10.1. The summed E-state index contributed by atoms with van der Waals surface area (Å²) in [6.07, 6.45) is 1.12. The van der Waals surface area contributed by atoms with E-state index in [1.807, 2.05) is 30.3 Å². The van der Waals surface area contributed by atoms with Crippen molar-refractivity contribution in [1.29, 1.82) is 0 Å². The molecule has 0 aliphatic carbocycles. The number of ether oxygens (including phenoxy) is 1. The molecule has 1 aromatic heterocycles. The molecule has 0 aliphatic rings. The Kier molecular flexibility index (Phi) is 5.11. The van der Waals surface area contributed by atoms with Crippen molar-refractivity contribution in [2.45, 2.75) is 26.5 Å². The van der Waals surface area contributed by atoms with Crippen LogP contribution in [-0.2, 0) is 13.2 Å². The Bertz CT molecular complexity index is 458. The van der Waals surface area contributed by atoms with Crippen molar-refractivity contribution in [3.8, 4) is 5.19 Å². The summed E-state index contributed by atoms with van der Waals surface area (Å²) in [5.41, 5.74) is 1.14. The molecule has 0 saturated carbocycles. The molecule has 0 bridgehead atoms. The largest absolute Gasteiger partial charge is 0.464 e. The molecule has 1 N–H and O–H groups in total. The fraction of sp³-hybridized carbons (Fsp3) is 0.385. The molecular weight excluding hydrogens is 246 g/mol. The summed E-state index contributed by atoms with van der Waals surface area (Å²) >= 11 is 1.50. The SMILES string of the molecule is CCCNCc1nnc(OCc2ccccc2)s1. The predicted molar refractivity (Wildman–Crippen MR) is 72.7 cm³/mol. The molecule has 0 aliphatic heterocycles. The minimum atomic E-state index is 0.540. The number of hydrogen-bond donors (Lipinski definition) is 1. The van der Waals surface area contributed by atoms with Crippen LogP contribution in [0.25, 0.3) is 0 Å². The molecule has 1 aromatic carbocycles. The Morgan fingerprint density at radius 1 is 1.22 bits per heavy atom. The molecule has 5 heteroatoms. The molecule has 0 unspecified atom stereocenters. The van der Waals surface area contributed by atoms with Gasteiger partial charge in [-0.25, -0.2) is 0 Å². The van der Waals surface area contributed by atoms with Gasteiger partial charge in [-0.15, -0.1) is 5.10 Å². The zero-order valence-corrected chi connectivity index (χ0v) is 11.2. The lowest BCUT2D eigenvalue weighted by molar-refractivity contribution is 0.302. The Morgan fingerprint density at radius 3 is 2.83 bits per heavy atom. The molecule has 18 heavy (non-hydrogen) atoms. The normalized spacial score (nSPS) is 10.5. The van der Waals surface area contributed by atoms with Crippen LogP contribution < -0.4 is 10.1 Å². The first-order valence-corrected chi connectivity index (χ1v) is 6.90. The van der Waals surface area contributed by atoms with Gasteiger partial charge < -0.3 is 10.1 Å². The Hall–Kier alpha value is -1.46. The van der Waals surface area contributed by atoms with Crippen molar-refractivity contribution in [3.05, 3.63) is 40.9 Å². The summed E-state index contributed by atoms with van der Waals surface area (Å²) in [7, 11) is 0. The Morgan fingerprint density at radius 2 is 2.06 bits per heavy atom. The van der Waals surface area contributed by atoms with Gasteiger partial charge in [0.15, 0.2) is 0 Å². The molecule has 0 fully saturated rings. The number of benzene rings is 1. The van der Waals surface area contributed by atoms with Gasteiger partial charge in [0.05, 0.1) is 0 Å². The lowest BCUT2D eigenvalue weighted by Gasteiger charge is -2.00. The van der Waals surface area contributed by atoms with Crippen molar-refractivity contribution in [2.75, 3.05) is 6.54 Å². The molecule has 0 radical (unpaired) electrons. The molecule has 0 atom stereocenters. The second-order valence-electron chi connectivity index (χ2n) is 3.91. The summed E-state index contributed by atoms with van der Waals surface area (Å²) in [6.45, 7) is 4.44. The highest BCUT2D eigenvalue weighted by Gasteiger charge is 2.04. The van der Waals surface area contributed by atoms with Crippen LogP contribution in [0.3, 0.4) is 0 Å². The van der Waals surface area contributed by atoms with Gasteiger partial charge in [-0.3, -0.25) is 0 Å². The highest BCUT2D eigenvalue weighted by Crippen LogP contribution is 2.18. The third-order valence-corrected chi connectivity index (χ3v) is 3.19. The number of nitrogens with one attached hydrogen (secondary N) is 1. The van der Waals surface area contributed by atoms with E-state index in [9.17, 15) is 0 Å². The summed E-state index contributed by atoms with van der Waals surface area (Å²) in [4.78, 5) is 0. The average molecular weight is 263 g/mol. The maximum Gasteiger partial charge on any atom is 0.294 e. The molecule has 2 rings (SSSR count). The summed E-state index contributed by atoms with van der Waals surface area (Å²) in [5.74, 6) is 0. The van der Waals surface area contributed by atoms with E-state index >= 15 is 0 Å². The maximum atomic E-state index is 5.60. The zero-order valence-electron chi connectivity index (χ0n) is 10.4. The highest BCUT2D eigenvalue weighted by molar-refractivity contribution is 7.13. The Labute approximate surface area is 111 Å². The van der Waals surface area contributed by atoms with Crippen molar-refractivity contribution in [3.63, 3.8) is 0 Å². The maximum absolute atomic E-state index is 5.60. The molecule has 96 valence electrons. The quantitative estimate of drug-likeness (QED) is 0.780. The monoisotopic (exact) mass is 263 g/mol. The molecule has 0 saturated heterocycles. The van der Waals surface area contributed by atoms with Crippen molar-refractivity contribution in [2.24, 2.45) is 0 Å². The number of nitrogens with zero attached hydrogens (tertiary/aromatic N) is 2. The lowest BCUT2D eigenvalue weighted by Crippen LogP contribution is -2.13. The average Bonchev–Trinajstić information content (AvgIpc) is 2.86. The first-order chi connectivity index (χ1) is 8.88. The van der Waals surface area contributed by atoms with E-state index in [0.717, 1.165) is 30.1 Å². The molecule has 0 spiro atoms. The van der Waals surface area contributed by atoms with Gasteiger partial charge in [0.25, 0.3) is 5.19 Å². The minimum absolute atomic E-state index is 0.540. The molecule has 0 amide bonds. The summed E-state index contributed by atoms with van der Waals surface area (Å²) < 4.78 is 5.60. The van der Waals surface area contributed by atoms with Crippen LogP contribution in [0, 0.1) is 0 Å². The van der Waals surface area contributed by atoms with Crippen LogP contribution in [0.1, 0.15) is 23.9 Å². The van der Waals surface area contributed by atoms with E-state index in [4.69, 9.17) is 4.74 Å². The second kappa shape index (κ2) is 7.08. The van der Waals surface area contributed by atoms with Crippen LogP contribution in [0.4, 0.5) is 0 Å². The van der Waals surface area contributed by atoms with Crippen LogP contribution >= 0.6 is 11.3 Å². The number of hydrogen-bond acceptors (Lipinski definition) is 5. The van der Waals surface area contributed by atoms with Gasteiger partial charge in [-0.05, 0) is 18.5 Å². The third kappa shape index (κ3) is 4.09. The molecular formula is C13H17N3OS. The van der Waals surface area contributed by atoms with Crippen LogP contribution in [0.5, 0.6) is 5.19 Å². The van der Waals surface area contributed by atoms with Gasteiger partial charge in [0.2, 0.25) is 0 Å². The van der Waals surface area contributed by atoms with Crippen molar-refractivity contribution < 1.29 is 4.74 Å². The molecule has 4 nitrogen and oxygen atoms in total. The van der Waals surface area contributed by atoms with E-state index in [1.54, 1.807) is 0 Å². The lowest BCUT2D eigenvalue weighted by atomic mass is 10.2.